The van der Waals surface area contributed by atoms with E-state index in [0.717, 1.165) is 5.56 Å². The summed E-state index contributed by atoms with van der Waals surface area (Å²) in [6.07, 6.45) is 0.682. The Hall–Kier alpha value is -2.77. The normalized spacial score (nSPS) is 10.4. The van der Waals surface area contributed by atoms with E-state index >= 15 is 0 Å². The summed E-state index contributed by atoms with van der Waals surface area (Å²) in [5, 5.41) is 18.3. The van der Waals surface area contributed by atoms with Crippen LogP contribution < -0.4 is 14.8 Å². The average Bonchev–Trinajstić information content (AvgIpc) is 2.81. The highest BCUT2D eigenvalue weighted by molar-refractivity contribution is 5.59. The Morgan fingerprint density at radius 3 is 2.61 bits per heavy atom. The average molecular weight is 320 g/mol. The van der Waals surface area contributed by atoms with Crippen molar-refractivity contribution in [1.82, 2.24) is 9.78 Å². The molecule has 1 heterocycles. The minimum absolute atomic E-state index is 0.0137. The van der Waals surface area contributed by atoms with Gasteiger partial charge in [-0.3, -0.25) is 10.1 Å². The summed E-state index contributed by atoms with van der Waals surface area (Å²) in [5.74, 6) is 1.74. The van der Waals surface area contributed by atoms with E-state index in [2.05, 4.69) is 10.4 Å². The van der Waals surface area contributed by atoms with Crippen LogP contribution in [0.5, 0.6) is 11.5 Å². The first-order valence-electron chi connectivity index (χ1n) is 7.10. The van der Waals surface area contributed by atoms with Gasteiger partial charge in [0.25, 0.3) is 0 Å². The molecule has 0 unspecified atom stereocenters. The summed E-state index contributed by atoms with van der Waals surface area (Å²) in [5.41, 5.74) is 1.45. The number of methoxy groups -OCH3 is 2. The van der Waals surface area contributed by atoms with E-state index in [-0.39, 0.29) is 5.69 Å². The molecule has 1 aromatic carbocycles. The fraction of sp³-hybridized carbons (Fsp3) is 0.400. The first kappa shape index (κ1) is 16.6. The van der Waals surface area contributed by atoms with E-state index in [4.69, 9.17) is 9.47 Å². The quantitative estimate of drug-likeness (QED) is 0.622. The third-order valence-corrected chi connectivity index (χ3v) is 3.53. The number of anilines is 1. The van der Waals surface area contributed by atoms with Crippen molar-refractivity contribution in [3.63, 3.8) is 0 Å². The van der Waals surface area contributed by atoms with Crippen molar-refractivity contribution in [1.29, 1.82) is 0 Å². The molecule has 1 aromatic heterocycles. The van der Waals surface area contributed by atoms with Crippen molar-refractivity contribution < 1.29 is 14.4 Å². The zero-order valence-electron chi connectivity index (χ0n) is 13.6. The largest absolute Gasteiger partial charge is 0.493 e. The summed E-state index contributed by atoms with van der Waals surface area (Å²) in [6, 6.07) is 5.67. The van der Waals surface area contributed by atoms with Gasteiger partial charge in [-0.25, -0.2) is 4.68 Å². The smallest absolute Gasteiger partial charge is 0.333 e. The second kappa shape index (κ2) is 6.99. The molecule has 23 heavy (non-hydrogen) atoms. The van der Waals surface area contributed by atoms with Crippen LogP contribution in [-0.4, -0.2) is 35.5 Å². The lowest BCUT2D eigenvalue weighted by Crippen LogP contribution is -2.10. The third kappa shape index (κ3) is 3.53. The first-order valence-corrected chi connectivity index (χ1v) is 7.10. The van der Waals surface area contributed by atoms with Crippen LogP contribution in [-0.2, 0) is 13.5 Å². The van der Waals surface area contributed by atoms with Gasteiger partial charge in [-0.05, 0) is 31.0 Å². The Labute approximate surface area is 134 Å². The maximum absolute atomic E-state index is 11.1. The lowest BCUT2D eigenvalue weighted by molar-refractivity contribution is -0.384. The van der Waals surface area contributed by atoms with Gasteiger partial charge in [0.1, 0.15) is 5.69 Å². The number of aryl methyl sites for hydroxylation is 2. The zero-order valence-corrected chi connectivity index (χ0v) is 13.6. The van der Waals surface area contributed by atoms with Crippen molar-refractivity contribution >= 4 is 11.5 Å². The van der Waals surface area contributed by atoms with E-state index in [1.807, 2.05) is 18.2 Å². The number of benzene rings is 1. The highest BCUT2D eigenvalue weighted by Gasteiger charge is 2.23. The molecule has 0 aliphatic heterocycles. The molecule has 0 amide bonds. The topological polar surface area (TPSA) is 91.5 Å². The van der Waals surface area contributed by atoms with E-state index in [1.54, 1.807) is 28.2 Å². The van der Waals surface area contributed by atoms with E-state index in [9.17, 15) is 10.1 Å². The molecule has 2 aromatic rings. The first-order chi connectivity index (χ1) is 11.0. The molecule has 8 nitrogen and oxygen atoms in total. The van der Waals surface area contributed by atoms with Gasteiger partial charge in [0, 0.05) is 13.6 Å². The third-order valence-electron chi connectivity index (χ3n) is 3.53. The lowest BCUT2D eigenvalue weighted by Gasteiger charge is -2.10. The Bertz CT molecular complexity index is 712. The number of nitrogens with zero attached hydrogens (tertiary/aromatic N) is 3. The molecular weight excluding hydrogens is 300 g/mol. The number of hydrogen-bond donors (Lipinski definition) is 1. The standard InChI is InChI=1S/C15H20N4O4/c1-10-14(19(20)21)15(18(2)17-10)16-8-7-11-5-6-12(22-3)13(9-11)23-4/h5-6,9,16H,7-8H2,1-4H3. The van der Waals surface area contributed by atoms with Crippen LogP contribution in [0.3, 0.4) is 0 Å². The van der Waals surface area contributed by atoms with Crippen LogP contribution in [0.2, 0.25) is 0 Å². The van der Waals surface area contributed by atoms with Crippen LogP contribution >= 0.6 is 0 Å². The van der Waals surface area contributed by atoms with E-state index in [1.165, 1.54) is 4.68 Å². The van der Waals surface area contributed by atoms with Crippen molar-refractivity contribution in [3.05, 3.63) is 39.6 Å². The maximum Gasteiger partial charge on any atom is 0.333 e. The summed E-state index contributed by atoms with van der Waals surface area (Å²) in [6.45, 7) is 2.16. The highest BCUT2D eigenvalue weighted by atomic mass is 16.6. The Morgan fingerprint density at radius 1 is 1.30 bits per heavy atom. The Balaban J connectivity index is 2.07. The van der Waals surface area contributed by atoms with Crippen molar-refractivity contribution in [2.75, 3.05) is 26.1 Å². The molecule has 0 atom stereocenters. The van der Waals surface area contributed by atoms with Crippen molar-refractivity contribution in [2.45, 2.75) is 13.3 Å². The van der Waals surface area contributed by atoms with Gasteiger partial charge < -0.3 is 14.8 Å². The number of rotatable bonds is 7. The highest BCUT2D eigenvalue weighted by Crippen LogP contribution is 2.29. The summed E-state index contributed by atoms with van der Waals surface area (Å²) in [7, 11) is 4.85. The molecule has 0 fully saturated rings. The minimum Gasteiger partial charge on any atom is -0.493 e. The molecule has 0 spiro atoms. The predicted octanol–water partition coefficient (Wildman–Crippen LogP) is 2.31. The van der Waals surface area contributed by atoms with Gasteiger partial charge in [-0.2, -0.15) is 5.10 Å². The molecule has 0 radical (unpaired) electrons. The molecule has 2 rings (SSSR count). The van der Waals surface area contributed by atoms with Crippen LogP contribution in [0.4, 0.5) is 11.5 Å². The van der Waals surface area contributed by atoms with Gasteiger partial charge in [-0.15, -0.1) is 0 Å². The van der Waals surface area contributed by atoms with Gasteiger partial charge in [-0.1, -0.05) is 6.07 Å². The Kier molecular flexibility index (Phi) is 5.05. The second-order valence-electron chi connectivity index (χ2n) is 5.03. The fourth-order valence-corrected chi connectivity index (χ4v) is 2.43. The molecule has 0 saturated heterocycles. The maximum atomic E-state index is 11.1. The fourth-order valence-electron chi connectivity index (χ4n) is 2.43. The molecule has 1 N–H and O–H groups in total. The molecule has 8 heteroatoms. The van der Waals surface area contributed by atoms with Crippen LogP contribution in [0.15, 0.2) is 18.2 Å². The molecule has 0 bridgehead atoms. The number of aromatic nitrogens is 2. The van der Waals surface area contributed by atoms with Gasteiger partial charge in [0.2, 0.25) is 5.82 Å². The van der Waals surface area contributed by atoms with Crippen LogP contribution in [0, 0.1) is 17.0 Å². The van der Waals surface area contributed by atoms with Crippen LogP contribution in [0.25, 0.3) is 0 Å². The molecule has 0 aliphatic carbocycles. The van der Waals surface area contributed by atoms with E-state index < -0.39 is 4.92 Å². The van der Waals surface area contributed by atoms with Gasteiger partial charge in [0.05, 0.1) is 19.1 Å². The minimum atomic E-state index is -0.416. The molecular formula is C15H20N4O4. The van der Waals surface area contributed by atoms with Gasteiger partial charge >= 0.3 is 5.69 Å². The number of hydrogen-bond acceptors (Lipinski definition) is 6. The number of nitrogens with one attached hydrogen (secondary N) is 1. The monoisotopic (exact) mass is 320 g/mol. The SMILES string of the molecule is COc1ccc(CCNc2c([N+](=O)[O-])c(C)nn2C)cc1OC. The summed E-state index contributed by atoms with van der Waals surface area (Å²) < 4.78 is 12.0. The molecule has 124 valence electrons. The van der Waals surface area contributed by atoms with Crippen LogP contribution in [0.1, 0.15) is 11.3 Å². The summed E-state index contributed by atoms with van der Waals surface area (Å²) >= 11 is 0. The zero-order chi connectivity index (χ0) is 17.0. The number of nitro groups is 1. The summed E-state index contributed by atoms with van der Waals surface area (Å²) in [4.78, 5) is 10.7. The second-order valence-corrected chi connectivity index (χ2v) is 5.03. The number of ether oxygens (including phenoxy) is 2. The predicted molar refractivity (Wildman–Crippen MR) is 86.3 cm³/mol. The van der Waals surface area contributed by atoms with Gasteiger partial charge in [0.15, 0.2) is 11.5 Å². The lowest BCUT2D eigenvalue weighted by atomic mass is 10.1. The van der Waals surface area contributed by atoms with E-state index in [0.29, 0.717) is 36.0 Å². The Morgan fingerprint density at radius 2 is 2.00 bits per heavy atom. The molecule has 0 aliphatic rings. The van der Waals surface area contributed by atoms with Crippen molar-refractivity contribution in [3.8, 4) is 11.5 Å². The molecule has 0 saturated carbocycles. The van der Waals surface area contributed by atoms with Crippen molar-refractivity contribution in [2.24, 2.45) is 7.05 Å².